The zero-order chi connectivity index (χ0) is 21.3. The Morgan fingerprint density at radius 3 is 2.57 bits per heavy atom. The van der Waals surface area contributed by atoms with Gasteiger partial charge in [-0.3, -0.25) is 14.9 Å². The second-order valence-electron chi connectivity index (χ2n) is 6.75. The molecule has 1 fully saturated rings. The third-order valence-corrected chi connectivity index (χ3v) is 6.19. The van der Waals surface area contributed by atoms with E-state index in [4.69, 9.17) is 23.2 Å². The normalized spacial score (nSPS) is 14.3. The number of fused-ring (bicyclic) bond motifs is 1. The molecule has 1 N–H and O–H groups in total. The molecule has 0 unspecified atom stereocenters. The van der Waals surface area contributed by atoms with E-state index in [1.165, 1.54) is 17.8 Å². The van der Waals surface area contributed by atoms with Gasteiger partial charge in [0.2, 0.25) is 5.91 Å². The van der Waals surface area contributed by atoms with Crippen LogP contribution in [0.4, 0.5) is 11.4 Å². The van der Waals surface area contributed by atoms with E-state index < -0.39 is 4.92 Å². The highest BCUT2D eigenvalue weighted by atomic mass is 35.5. The van der Waals surface area contributed by atoms with Crippen molar-refractivity contribution in [2.45, 2.75) is 5.16 Å². The first kappa shape index (κ1) is 20.8. The van der Waals surface area contributed by atoms with Gasteiger partial charge in [-0.15, -0.1) is 0 Å². The van der Waals surface area contributed by atoms with Crippen LogP contribution in [0.1, 0.15) is 0 Å². The van der Waals surface area contributed by atoms with E-state index in [9.17, 15) is 14.9 Å². The maximum Gasteiger partial charge on any atom is 0.294 e. The smallest absolute Gasteiger partial charge is 0.294 e. The van der Waals surface area contributed by atoms with Crippen molar-refractivity contribution in [1.82, 2.24) is 14.9 Å². The molecule has 2 aromatic carbocycles. The lowest BCUT2D eigenvalue weighted by atomic mass is 10.2. The van der Waals surface area contributed by atoms with Gasteiger partial charge in [-0.2, -0.15) is 0 Å². The van der Waals surface area contributed by atoms with Gasteiger partial charge in [0.15, 0.2) is 5.16 Å². The summed E-state index contributed by atoms with van der Waals surface area (Å²) in [6.45, 7) is 2.02. The lowest BCUT2D eigenvalue weighted by Crippen LogP contribution is -2.49. The van der Waals surface area contributed by atoms with Gasteiger partial charge in [0.05, 0.1) is 21.7 Å². The Bertz CT molecular complexity index is 1110. The number of rotatable bonds is 5. The standard InChI is InChI=1S/C19H17Cl2N5O3S/c20-12-1-3-14-15(9-12)23-19(22-14)30-11-18(27)25-7-5-24(6-8-25)16-4-2-13(21)10-17(16)26(28)29/h1-4,9-10H,5-8,11H2,(H,22,23). The fourth-order valence-corrected chi connectivity index (χ4v) is 4.48. The molecule has 1 amide bonds. The van der Waals surface area contributed by atoms with Crippen molar-refractivity contribution in [3.63, 3.8) is 0 Å². The summed E-state index contributed by atoms with van der Waals surface area (Å²) in [5.41, 5.74) is 2.12. The molecule has 156 valence electrons. The van der Waals surface area contributed by atoms with Gasteiger partial charge in [-0.25, -0.2) is 4.98 Å². The summed E-state index contributed by atoms with van der Waals surface area (Å²) in [6.07, 6.45) is 0. The van der Waals surface area contributed by atoms with Crippen LogP contribution in [0.15, 0.2) is 41.6 Å². The summed E-state index contributed by atoms with van der Waals surface area (Å²) in [6, 6.07) is 10.0. The summed E-state index contributed by atoms with van der Waals surface area (Å²) in [4.78, 5) is 34.8. The Hall–Kier alpha value is -2.49. The number of hydrogen-bond acceptors (Lipinski definition) is 6. The number of halogens is 2. The van der Waals surface area contributed by atoms with Crippen molar-refractivity contribution in [2.24, 2.45) is 0 Å². The first-order valence-electron chi connectivity index (χ1n) is 9.15. The van der Waals surface area contributed by atoms with Gasteiger partial charge in [0.25, 0.3) is 5.69 Å². The molecule has 4 rings (SSSR count). The number of thioether (sulfide) groups is 1. The minimum absolute atomic E-state index is 0.00347. The lowest BCUT2D eigenvalue weighted by Gasteiger charge is -2.35. The number of benzene rings is 2. The molecule has 0 spiro atoms. The zero-order valence-corrected chi connectivity index (χ0v) is 18.0. The fraction of sp³-hybridized carbons (Fsp3) is 0.263. The van der Waals surface area contributed by atoms with E-state index >= 15 is 0 Å². The molecule has 1 aliphatic rings. The maximum atomic E-state index is 12.6. The Labute approximate surface area is 186 Å². The minimum atomic E-state index is -0.435. The average Bonchev–Trinajstić information content (AvgIpc) is 3.14. The number of H-pyrrole nitrogens is 1. The first-order chi connectivity index (χ1) is 14.4. The maximum absolute atomic E-state index is 12.6. The second-order valence-corrected chi connectivity index (χ2v) is 8.59. The number of carbonyl (C=O) groups excluding carboxylic acids is 1. The number of aromatic nitrogens is 2. The number of nitro groups is 1. The van der Waals surface area contributed by atoms with Crippen molar-refractivity contribution in [1.29, 1.82) is 0 Å². The Kier molecular flexibility index (Phi) is 6.03. The topological polar surface area (TPSA) is 95.4 Å². The van der Waals surface area contributed by atoms with Crippen LogP contribution in [0.5, 0.6) is 0 Å². The quantitative estimate of drug-likeness (QED) is 0.344. The highest BCUT2D eigenvalue weighted by molar-refractivity contribution is 7.99. The number of carbonyl (C=O) groups is 1. The van der Waals surface area contributed by atoms with E-state index in [0.717, 1.165) is 11.0 Å². The molecule has 3 aromatic rings. The molecule has 30 heavy (non-hydrogen) atoms. The van der Waals surface area contributed by atoms with Crippen molar-refractivity contribution in [3.8, 4) is 0 Å². The van der Waals surface area contributed by atoms with Crippen LogP contribution in [0.2, 0.25) is 10.0 Å². The highest BCUT2D eigenvalue weighted by Gasteiger charge is 2.26. The SMILES string of the molecule is O=C(CSc1nc2ccc(Cl)cc2[nH]1)N1CCN(c2ccc(Cl)cc2[N+](=O)[O-])CC1. The second kappa shape index (κ2) is 8.71. The molecule has 1 aliphatic heterocycles. The zero-order valence-electron chi connectivity index (χ0n) is 15.7. The van der Waals surface area contributed by atoms with Crippen LogP contribution in [0.25, 0.3) is 11.0 Å². The molecule has 8 nitrogen and oxygen atoms in total. The number of nitrogens with one attached hydrogen (secondary N) is 1. The molecule has 0 atom stereocenters. The van der Waals surface area contributed by atoms with E-state index in [1.807, 2.05) is 11.0 Å². The summed E-state index contributed by atoms with van der Waals surface area (Å²) in [5.74, 6) is 0.262. The van der Waals surface area contributed by atoms with E-state index in [-0.39, 0.29) is 17.3 Å². The predicted octanol–water partition coefficient (Wildman–Crippen LogP) is 4.22. The molecule has 0 aliphatic carbocycles. The van der Waals surface area contributed by atoms with Crippen LogP contribution in [-0.4, -0.2) is 57.6 Å². The number of nitro benzene ring substituents is 1. The van der Waals surface area contributed by atoms with Gasteiger partial charge in [-0.1, -0.05) is 35.0 Å². The van der Waals surface area contributed by atoms with Gasteiger partial charge in [0, 0.05) is 42.3 Å². The van der Waals surface area contributed by atoms with E-state index in [1.54, 1.807) is 29.2 Å². The predicted molar refractivity (Wildman–Crippen MR) is 119 cm³/mol. The van der Waals surface area contributed by atoms with Crippen LogP contribution in [-0.2, 0) is 4.79 Å². The lowest BCUT2D eigenvalue weighted by molar-refractivity contribution is -0.384. The monoisotopic (exact) mass is 465 g/mol. The van der Waals surface area contributed by atoms with Gasteiger partial charge in [-0.05, 0) is 30.3 Å². The van der Waals surface area contributed by atoms with E-state index in [0.29, 0.717) is 47.1 Å². The summed E-state index contributed by atoms with van der Waals surface area (Å²) in [7, 11) is 0. The van der Waals surface area contributed by atoms with Crippen LogP contribution < -0.4 is 4.90 Å². The molecule has 11 heteroatoms. The summed E-state index contributed by atoms with van der Waals surface area (Å²) >= 11 is 13.2. The number of nitrogens with zero attached hydrogens (tertiary/aromatic N) is 4. The molecule has 2 heterocycles. The Balaban J connectivity index is 1.34. The highest BCUT2D eigenvalue weighted by Crippen LogP contribution is 2.31. The number of amides is 1. The molecule has 0 bridgehead atoms. The van der Waals surface area contributed by atoms with Crippen molar-refractivity contribution in [3.05, 3.63) is 56.6 Å². The summed E-state index contributed by atoms with van der Waals surface area (Å²) in [5, 5.41) is 12.9. The van der Waals surface area contributed by atoms with Crippen LogP contribution >= 0.6 is 35.0 Å². The molecule has 0 saturated carbocycles. The Morgan fingerprint density at radius 1 is 1.13 bits per heavy atom. The molecule has 0 radical (unpaired) electrons. The third kappa shape index (κ3) is 4.48. The number of aromatic amines is 1. The molecular weight excluding hydrogens is 449 g/mol. The summed E-state index contributed by atoms with van der Waals surface area (Å²) < 4.78 is 0. The third-order valence-electron chi connectivity index (χ3n) is 4.86. The average molecular weight is 466 g/mol. The van der Waals surface area contributed by atoms with Crippen molar-refractivity contribution < 1.29 is 9.72 Å². The van der Waals surface area contributed by atoms with Crippen molar-refractivity contribution in [2.75, 3.05) is 36.8 Å². The number of piperazine rings is 1. The number of anilines is 1. The van der Waals surface area contributed by atoms with Crippen molar-refractivity contribution >= 4 is 63.3 Å². The number of hydrogen-bond donors (Lipinski definition) is 1. The molecular formula is C19H17Cl2N5O3S. The van der Waals surface area contributed by atoms with Crippen LogP contribution in [0, 0.1) is 10.1 Å². The molecule has 1 aromatic heterocycles. The largest absolute Gasteiger partial charge is 0.362 e. The molecule has 1 saturated heterocycles. The number of imidazole rings is 1. The Morgan fingerprint density at radius 2 is 1.83 bits per heavy atom. The van der Waals surface area contributed by atoms with Gasteiger partial charge < -0.3 is 14.8 Å². The minimum Gasteiger partial charge on any atom is -0.362 e. The van der Waals surface area contributed by atoms with E-state index in [2.05, 4.69) is 9.97 Å². The fourth-order valence-electron chi connectivity index (χ4n) is 3.36. The van der Waals surface area contributed by atoms with Gasteiger partial charge >= 0.3 is 0 Å². The first-order valence-corrected chi connectivity index (χ1v) is 10.9. The van der Waals surface area contributed by atoms with Gasteiger partial charge in [0.1, 0.15) is 5.69 Å². The van der Waals surface area contributed by atoms with Crippen LogP contribution in [0.3, 0.4) is 0 Å².